The first kappa shape index (κ1) is 13.9. The number of carbonyl (C=O) groups is 2. The average Bonchev–Trinajstić information content (AvgIpc) is 2.28. The molecule has 0 unspecified atom stereocenters. The summed E-state index contributed by atoms with van der Waals surface area (Å²) in [7, 11) is 0. The zero-order valence-electron chi connectivity index (χ0n) is 10.7. The van der Waals surface area contributed by atoms with Gasteiger partial charge in [0, 0.05) is 11.3 Å². The third-order valence-electron chi connectivity index (χ3n) is 2.16. The van der Waals surface area contributed by atoms with Crippen molar-refractivity contribution in [2.24, 2.45) is 4.99 Å². The van der Waals surface area contributed by atoms with Gasteiger partial charge in [-0.15, -0.1) is 0 Å². The first-order valence-electron chi connectivity index (χ1n) is 5.60. The maximum atomic E-state index is 11.7. The van der Waals surface area contributed by atoms with E-state index in [0.717, 1.165) is 0 Å². The molecule has 1 heterocycles. The van der Waals surface area contributed by atoms with E-state index in [2.05, 4.69) is 16.9 Å². The number of hydrogen-bond acceptors (Lipinski definition) is 4. The summed E-state index contributed by atoms with van der Waals surface area (Å²) in [5.41, 5.74) is 1.20. The number of esters is 1. The summed E-state index contributed by atoms with van der Waals surface area (Å²) < 4.78 is 4.81. The van der Waals surface area contributed by atoms with Crippen LogP contribution in [0.1, 0.15) is 20.8 Å². The van der Waals surface area contributed by atoms with Gasteiger partial charge in [-0.05, 0) is 26.8 Å². The number of hydrogen-bond donors (Lipinski definition) is 1. The fourth-order valence-corrected chi connectivity index (χ4v) is 1.40. The third-order valence-corrected chi connectivity index (χ3v) is 2.16. The average molecular weight is 248 g/mol. The molecule has 0 aromatic heterocycles. The monoisotopic (exact) mass is 248 g/mol. The molecule has 0 saturated carbocycles. The molecule has 0 atom stereocenters. The summed E-state index contributed by atoms with van der Waals surface area (Å²) in [6.07, 6.45) is 3.22. The van der Waals surface area contributed by atoms with E-state index in [9.17, 15) is 9.59 Å². The number of allylic oxidation sites excluding steroid dienone is 2. The fraction of sp³-hybridized carbons (Fsp3) is 0.308. The van der Waals surface area contributed by atoms with Crippen molar-refractivity contribution in [1.82, 2.24) is 5.32 Å². The Kier molecular flexibility index (Phi) is 4.59. The lowest BCUT2D eigenvalue weighted by atomic mass is 10.1. The highest BCUT2D eigenvalue weighted by Crippen LogP contribution is 2.13. The molecule has 18 heavy (non-hydrogen) atoms. The smallest absolute Gasteiger partial charge is 0.343 e. The predicted octanol–water partition coefficient (Wildman–Crippen LogP) is 1.48. The molecule has 0 aromatic carbocycles. The molecular formula is C13H16N2O3. The summed E-state index contributed by atoms with van der Waals surface area (Å²) in [6, 6.07) is 0. The summed E-state index contributed by atoms with van der Waals surface area (Å²) in [6.45, 7) is 9.07. The first-order valence-corrected chi connectivity index (χ1v) is 5.60. The summed E-state index contributed by atoms with van der Waals surface area (Å²) >= 11 is 0. The Labute approximate surface area is 106 Å². The molecule has 0 fully saturated rings. The Morgan fingerprint density at radius 2 is 2.28 bits per heavy atom. The molecule has 5 nitrogen and oxygen atoms in total. The summed E-state index contributed by atoms with van der Waals surface area (Å²) in [5, 5.41) is 2.55. The Bertz CT molecular complexity index is 484. The van der Waals surface area contributed by atoms with Crippen LogP contribution in [0.25, 0.3) is 0 Å². The molecule has 0 radical (unpaired) electrons. The zero-order chi connectivity index (χ0) is 13.7. The molecule has 1 aliphatic heterocycles. The van der Waals surface area contributed by atoms with Crippen LogP contribution in [0.4, 0.5) is 0 Å². The van der Waals surface area contributed by atoms with Gasteiger partial charge in [0.05, 0.1) is 6.61 Å². The van der Waals surface area contributed by atoms with Crippen molar-refractivity contribution in [2.75, 3.05) is 6.61 Å². The summed E-state index contributed by atoms with van der Waals surface area (Å²) in [4.78, 5) is 27.4. The van der Waals surface area contributed by atoms with Gasteiger partial charge in [0.25, 0.3) is 5.91 Å². The Balaban J connectivity index is 3.13. The van der Waals surface area contributed by atoms with Gasteiger partial charge in [-0.2, -0.15) is 0 Å². The van der Waals surface area contributed by atoms with Gasteiger partial charge in [-0.1, -0.05) is 12.7 Å². The molecule has 96 valence electrons. The van der Waals surface area contributed by atoms with Crippen LogP contribution in [0, 0.1) is 0 Å². The highest BCUT2D eigenvalue weighted by Gasteiger charge is 2.26. The normalized spacial score (nSPS) is 19.5. The Hall–Kier alpha value is -2.17. The van der Waals surface area contributed by atoms with Crippen molar-refractivity contribution >= 4 is 17.7 Å². The first-order chi connectivity index (χ1) is 8.49. The second kappa shape index (κ2) is 5.95. The van der Waals surface area contributed by atoms with E-state index in [0.29, 0.717) is 17.1 Å². The standard InChI is InChI=1S/C13H16N2O3/c1-5-9-7-10(13(17)18-6-2)12(16)15-11(9)14-8(3)4/h5,7H,3,6H2,1-2,4H3,(H,14,15,16)/b9-5-. The van der Waals surface area contributed by atoms with Gasteiger partial charge in [0.2, 0.25) is 0 Å². The molecule has 1 aliphatic rings. The van der Waals surface area contributed by atoms with Crippen molar-refractivity contribution in [1.29, 1.82) is 0 Å². The molecular weight excluding hydrogens is 232 g/mol. The number of ether oxygens (including phenoxy) is 1. The second-order valence-electron chi connectivity index (χ2n) is 3.67. The van der Waals surface area contributed by atoms with E-state index >= 15 is 0 Å². The van der Waals surface area contributed by atoms with Crippen molar-refractivity contribution in [2.45, 2.75) is 20.8 Å². The van der Waals surface area contributed by atoms with Crippen LogP contribution in [0.5, 0.6) is 0 Å². The third kappa shape index (κ3) is 3.16. The van der Waals surface area contributed by atoms with E-state index in [1.165, 1.54) is 6.08 Å². The largest absolute Gasteiger partial charge is 0.462 e. The highest BCUT2D eigenvalue weighted by molar-refractivity contribution is 6.27. The molecule has 0 aliphatic carbocycles. The molecule has 0 aromatic rings. The van der Waals surface area contributed by atoms with Gasteiger partial charge in [0.15, 0.2) is 0 Å². The van der Waals surface area contributed by atoms with E-state index in [1.807, 2.05) is 0 Å². The van der Waals surface area contributed by atoms with Crippen LogP contribution in [0.3, 0.4) is 0 Å². The number of amidine groups is 1. The second-order valence-corrected chi connectivity index (χ2v) is 3.67. The topological polar surface area (TPSA) is 67.8 Å². The quantitative estimate of drug-likeness (QED) is 0.607. The highest BCUT2D eigenvalue weighted by atomic mass is 16.5. The number of amides is 1. The van der Waals surface area contributed by atoms with Crippen molar-refractivity contribution in [3.8, 4) is 0 Å². The van der Waals surface area contributed by atoms with Crippen LogP contribution in [-0.4, -0.2) is 24.3 Å². The van der Waals surface area contributed by atoms with Crippen LogP contribution in [0.15, 0.2) is 40.6 Å². The molecule has 0 spiro atoms. The van der Waals surface area contributed by atoms with E-state index < -0.39 is 11.9 Å². The van der Waals surface area contributed by atoms with Gasteiger partial charge in [-0.3, -0.25) is 4.79 Å². The molecule has 1 N–H and O–H groups in total. The maximum absolute atomic E-state index is 11.7. The minimum atomic E-state index is -0.635. The number of rotatable bonds is 3. The predicted molar refractivity (Wildman–Crippen MR) is 68.9 cm³/mol. The van der Waals surface area contributed by atoms with Gasteiger partial charge < -0.3 is 10.1 Å². The Morgan fingerprint density at radius 3 is 2.78 bits per heavy atom. The minimum Gasteiger partial charge on any atom is -0.462 e. The van der Waals surface area contributed by atoms with Crippen molar-refractivity contribution in [3.05, 3.63) is 35.6 Å². The molecule has 0 bridgehead atoms. The number of aliphatic imine (C=N–C) groups is 1. The molecule has 1 rings (SSSR count). The number of nitrogens with zero attached hydrogens (tertiary/aromatic N) is 1. The SMILES string of the molecule is C=C(C)N=C1NC(=O)C(C(=O)OCC)=C/C1=C/C. The lowest BCUT2D eigenvalue weighted by Crippen LogP contribution is -2.39. The minimum absolute atomic E-state index is 0.0226. The fourth-order valence-electron chi connectivity index (χ4n) is 1.40. The van der Waals surface area contributed by atoms with Crippen molar-refractivity contribution < 1.29 is 14.3 Å². The van der Waals surface area contributed by atoms with Crippen LogP contribution >= 0.6 is 0 Å². The van der Waals surface area contributed by atoms with Crippen molar-refractivity contribution in [3.63, 3.8) is 0 Å². The van der Waals surface area contributed by atoms with Crippen LogP contribution in [-0.2, 0) is 14.3 Å². The lowest BCUT2D eigenvalue weighted by Gasteiger charge is -2.17. The summed E-state index contributed by atoms with van der Waals surface area (Å²) in [5.74, 6) is -0.758. The lowest BCUT2D eigenvalue weighted by molar-refractivity contribution is -0.140. The van der Waals surface area contributed by atoms with Gasteiger partial charge >= 0.3 is 5.97 Å². The zero-order valence-corrected chi connectivity index (χ0v) is 10.7. The van der Waals surface area contributed by atoms with E-state index in [-0.39, 0.29) is 12.2 Å². The van der Waals surface area contributed by atoms with Gasteiger partial charge in [0.1, 0.15) is 11.4 Å². The number of nitrogens with one attached hydrogen (secondary N) is 1. The van der Waals surface area contributed by atoms with Gasteiger partial charge in [-0.25, -0.2) is 9.79 Å². The number of carbonyl (C=O) groups excluding carboxylic acids is 2. The molecule has 5 heteroatoms. The molecule has 1 amide bonds. The van der Waals surface area contributed by atoms with Crippen LogP contribution < -0.4 is 5.32 Å². The molecule has 0 saturated heterocycles. The Morgan fingerprint density at radius 1 is 1.61 bits per heavy atom. The maximum Gasteiger partial charge on any atom is 0.343 e. The van der Waals surface area contributed by atoms with E-state index in [1.54, 1.807) is 26.8 Å². The van der Waals surface area contributed by atoms with Crippen LogP contribution in [0.2, 0.25) is 0 Å². The van der Waals surface area contributed by atoms with E-state index in [4.69, 9.17) is 4.74 Å².